The van der Waals surface area contributed by atoms with E-state index in [0.29, 0.717) is 18.7 Å². The molecule has 3 N–H and O–H groups in total. The molecule has 1 fully saturated rings. The molecule has 1 aromatic carbocycles. The minimum atomic E-state index is -1.14. The predicted molar refractivity (Wildman–Crippen MR) is 121 cm³/mol. The number of benzene rings is 1. The Labute approximate surface area is 198 Å². The molecule has 1 aromatic rings. The van der Waals surface area contributed by atoms with Crippen molar-refractivity contribution in [3.63, 3.8) is 0 Å². The third-order valence-electron chi connectivity index (χ3n) is 5.07. The first-order chi connectivity index (χ1) is 16.4. The quantitative estimate of drug-likeness (QED) is 0.119. The number of likely N-dealkylation sites (tertiary alicyclic amines) is 1. The molecule has 0 bridgehead atoms. The van der Waals surface area contributed by atoms with Crippen LogP contribution in [0.4, 0.5) is 0 Å². The van der Waals surface area contributed by atoms with Crippen LogP contribution in [-0.4, -0.2) is 78.8 Å². The molecule has 2 rings (SSSR count). The number of aliphatic hydroxyl groups excluding tert-OH is 1. The van der Waals surface area contributed by atoms with E-state index < -0.39 is 23.3 Å². The average Bonchev–Trinajstić information content (AvgIpc) is 2.85. The zero-order chi connectivity index (χ0) is 25.0. The van der Waals surface area contributed by atoms with Gasteiger partial charge in [-0.2, -0.15) is 0 Å². The third-order valence-corrected chi connectivity index (χ3v) is 5.07. The van der Waals surface area contributed by atoms with Crippen LogP contribution in [-0.2, 0) is 28.6 Å². The van der Waals surface area contributed by atoms with Gasteiger partial charge < -0.3 is 34.8 Å². The Hall–Kier alpha value is -3.44. The van der Waals surface area contributed by atoms with Crippen molar-refractivity contribution in [2.45, 2.75) is 32.3 Å². The van der Waals surface area contributed by atoms with E-state index in [0.717, 1.165) is 6.08 Å². The number of nitrogens with two attached hydrogens (primary N) is 1. The van der Waals surface area contributed by atoms with Crippen LogP contribution in [0.15, 0.2) is 47.3 Å². The number of hydrogen-bond acceptors (Lipinski definition) is 9. The summed E-state index contributed by atoms with van der Waals surface area (Å²) in [4.78, 5) is 43.5. The van der Waals surface area contributed by atoms with Crippen LogP contribution < -0.4 is 5.73 Å². The highest BCUT2D eigenvalue weighted by Gasteiger charge is 2.41. The topological polar surface area (TPSA) is 150 Å². The number of carbonyl (C=O) groups excluding carboxylic acids is 3. The highest BCUT2D eigenvalue weighted by atomic mass is 16.7. The van der Waals surface area contributed by atoms with E-state index in [1.165, 1.54) is 0 Å². The van der Waals surface area contributed by atoms with Crippen molar-refractivity contribution in [2.75, 3.05) is 39.5 Å². The van der Waals surface area contributed by atoms with Crippen molar-refractivity contribution < 1.29 is 38.5 Å². The normalized spacial score (nSPS) is 16.0. The predicted octanol–water partition coefficient (Wildman–Crippen LogP) is 0.969. The van der Waals surface area contributed by atoms with Gasteiger partial charge >= 0.3 is 11.9 Å². The molecule has 1 aliphatic rings. The van der Waals surface area contributed by atoms with Crippen molar-refractivity contribution in [3.8, 4) is 0 Å². The molecule has 0 radical (unpaired) electrons. The molecule has 1 aliphatic heterocycles. The van der Waals surface area contributed by atoms with Crippen molar-refractivity contribution in [3.05, 3.63) is 47.7 Å². The number of aliphatic hydroxyl groups is 1. The molecule has 0 aromatic heterocycles. The van der Waals surface area contributed by atoms with Gasteiger partial charge in [-0.15, -0.1) is 0 Å². The second-order valence-corrected chi connectivity index (χ2v) is 7.27. The Morgan fingerprint density at radius 3 is 2.35 bits per heavy atom. The molecule has 1 saturated heterocycles. The van der Waals surface area contributed by atoms with Crippen LogP contribution in [0, 0.1) is 0 Å². The van der Waals surface area contributed by atoms with E-state index in [4.69, 9.17) is 24.8 Å². The Bertz CT molecular complexity index is 893. The van der Waals surface area contributed by atoms with Crippen molar-refractivity contribution in [1.29, 1.82) is 0 Å². The standard InChI is InChI=1S/C23H31N3O8/c1-3-31-19(28)16-18(21(30)32-4-2)34-25-22(24)23(33-15-14-27)10-12-26(13-11-23)20(29)17-8-6-5-7-9-17/h5-9,16,27H,3-4,10-15H2,1-2H3,(H2,24,25). The number of carbonyl (C=O) groups is 3. The van der Waals surface area contributed by atoms with Gasteiger partial charge in [-0.05, 0) is 26.0 Å². The number of hydrogen-bond donors (Lipinski definition) is 2. The lowest BCUT2D eigenvalue weighted by Crippen LogP contribution is -2.55. The molecular formula is C23H31N3O8. The van der Waals surface area contributed by atoms with E-state index >= 15 is 0 Å². The van der Waals surface area contributed by atoms with Crippen molar-refractivity contribution in [1.82, 2.24) is 4.90 Å². The largest absolute Gasteiger partial charge is 0.463 e. The Kier molecular flexibility index (Phi) is 10.5. The second-order valence-electron chi connectivity index (χ2n) is 7.27. The van der Waals surface area contributed by atoms with Crippen LogP contribution in [0.3, 0.4) is 0 Å². The summed E-state index contributed by atoms with van der Waals surface area (Å²) >= 11 is 0. The number of esters is 2. The first kappa shape index (κ1) is 26.8. The van der Waals surface area contributed by atoms with Gasteiger partial charge in [0.05, 0.1) is 32.5 Å². The third kappa shape index (κ3) is 7.29. The fourth-order valence-corrected chi connectivity index (χ4v) is 3.35. The highest BCUT2D eigenvalue weighted by Crippen LogP contribution is 2.28. The van der Waals surface area contributed by atoms with Gasteiger partial charge in [-0.25, -0.2) is 9.59 Å². The first-order valence-electron chi connectivity index (χ1n) is 11.0. The second kappa shape index (κ2) is 13.3. The molecule has 34 heavy (non-hydrogen) atoms. The zero-order valence-electron chi connectivity index (χ0n) is 19.4. The molecule has 1 heterocycles. The van der Waals surface area contributed by atoms with E-state index in [-0.39, 0.29) is 51.0 Å². The molecule has 0 atom stereocenters. The fourth-order valence-electron chi connectivity index (χ4n) is 3.35. The lowest BCUT2D eigenvalue weighted by Gasteiger charge is -2.40. The summed E-state index contributed by atoms with van der Waals surface area (Å²) in [6, 6.07) is 8.89. The Balaban J connectivity index is 2.18. The summed E-state index contributed by atoms with van der Waals surface area (Å²) in [5.41, 5.74) is 5.62. The molecule has 0 saturated carbocycles. The number of rotatable bonds is 11. The van der Waals surface area contributed by atoms with E-state index in [2.05, 4.69) is 5.16 Å². The molecular weight excluding hydrogens is 446 g/mol. The summed E-state index contributed by atoms with van der Waals surface area (Å²) in [5, 5.41) is 13.1. The van der Waals surface area contributed by atoms with Gasteiger partial charge in [0, 0.05) is 31.5 Å². The van der Waals surface area contributed by atoms with E-state index in [1.54, 1.807) is 43.0 Å². The Morgan fingerprint density at radius 1 is 1.12 bits per heavy atom. The van der Waals surface area contributed by atoms with Gasteiger partial charge in [0.1, 0.15) is 5.60 Å². The number of amides is 1. The summed E-state index contributed by atoms with van der Waals surface area (Å²) in [5.74, 6) is -2.45. The fraction of sp³-hybridized carbons (Fsp3) is 0.478. The van der Waals surface area contributed by atoms with Gasteiger partial charge in [0.2, 0.25) is 5.76 Å². The number of amidine groups is 1. The van der Waals surface area contributed by atoms with Crippen LogP contribution in [0.2, 0.25) is 0 Å². The lowest BCUT2D eigenvalue weighted by atomic mass is 9.89. The van der Waals surface area contributed by atoms with Crippen molar-refractivity contribution in [2.24, 2.45) is 10.9 Å². The zero-order valence-corrected chi connectivity index (χ0v) is 19.4. The molecule has 1 amide bonds. The van der Waals surface area contributed by atoms with Gasteiger partial charge in [0.15, 0.2) is 5.84 Å². The van der Waals surface area contributed by atoms with E-state index in [9.17, 15) is 19.5 Å². The summed E-state index contributed by atoms with van der Waals surface area (Å²) in [6.45, 7) is 3.73. The molecule has 186 valence electrons. The average molecular weight is 478 g/mol. The number of piperidine rings is 1. The van der Waals surface area contributed by atoms with Crippen LogP contribution >= 0.6 is 0 Å². The maximum atomic E-state index is 12.8. The van der Waals surface area contributed by atoms with Gasteiger partial charge in [-0.3, -0.25) is 4.79 Å². The maximum Gasteiger partial charge on any atom is 0.377 e. The SMILES string of the molecule is CCOC(=O)C=C(ON=C(N)C1(OCCO)CCN(C(=O)c2ccccc2)CC1)C(=O)OCC. The molecule has 11 heteroatoms. The highest BCUT2D eigenvalue weighted by molar-refractivity contribution is 5.96. The molecule has 0 unspecified atom stereocenters. The number of ether oxygens (including phenoxy) is 3. The molecule has 0 spiro atoms. The van der Waals surface area contributed by atoms with Gasteiger partial charge in [-0.1, -0.05) is 23.4 Å². The summed E-state index contributed by atoms with van der Waals surface area (Å²) < 4.78 is 15.5. The molecule has 11 nitrogen and oxygen atoms in total. The van der Waals surface area contributed by atoms with Crippen molar-refractivity contribution >= 4 is 23.7 Å². The molecule has 0 aliphatic carbocycles. The first-order valence-corrected chi connectivity index (χ1v) is 11.0. The van der Waals surface area contributed by atoms with Crippen LogP contribution in [0.5, 0.6) is 0 Å². The maximum absolute atomic E-state index is 12.8. The van der Waals surface area contributed by atoms with Crippen LogP contribution in [0.1, 0.15) is 37.0 Å². The smallest absolute Gasteiger partial charge is 0.377 e. The lowest BCUT2D eigenvalue weighted by molar-refractivity contribution is -0.144. The minimum Gasteiger partial charge on any atom is -0.463 e. The number of nitrogens with zero attached hydrogens (tertiary/aromatic N) is 2. The summed E-state index contributed by atoms with van der Waals surface area (Å²) in [6.07, 6.45) is 1.38. The monoisotopic (exact) mass is 477 g/mol. The van der Waals surface area contributed by atoms with Gasteiger partial charge in [0.25, 0.3) is 5.91 Å². The number of oxime groups is 1. The van der Waals surface area contributed by atoms with E-state index in [1.807, 2.05) is 6.07 Å². The summed E-state index contributed by atoms with van der Waals surface area (Å²) in [7, 11) is 0. The Morgan fingerprint density at radius 2 is 1.76 bits per heavy atom. The van der Waals surface area contributed by atoms with Crippen LogP contribution in [0.25, 0.3) is 0 Å². The minimum absolute atomic E-state index is 0.0216.